The van der Waals surface area contributed by atoms with Crippen LogP contribution in [-0.4, -0.2) is 41.7 Å². The van der Waals surface area contributed by atoms with Gasteiger partial charge in [-0.25, -0.2) is 0 Å². The molecule has 1 aromatic carbocycles. The monoisotopic (exact) mass is 419 g/mol. The minimum atomic E-state index is -0.819. The Morgan fingerprint density at radius 1 is 1.28 bits per heavy atom. The van der Waals surface area contributed by atoms with Gasteiger partial charge in [-0.1, -0.05) is 11.3 Å². The van der Waals surface area contributed by atoms with Crippen LogP contribution in [0.2, 0.25) is 0 Å². The van der Waals surface area contributed by atoms with E-state index in [0.29, 0.717) is 34.9 Å². The van der Waals surface area contributed by atoms with E-state index < -0.39 is 22.7 Å². The average molecular weight is 419 g/mol. The summed E-state index contributed by atoms with van der Waals surface area (Å²) >= 11 is 1.14. The van der Waals surface area contributed by atoms with Gasteiger partial charge in [0.25, 0.3) is 0 Å². The number of nitrogens with zero attached hydrogens (tertiary/aromatic N) is 3. The molecule has 0 aliphatic carbocycles. The van der Waals surface area contributed by atoms with Gasteiger partial charge in [0.2, 0.25) is 5.76 Å². The number of carbonyl (C=O) groups excluding carboxylic acids is 2. The maximum Gasteiger partial charge on any atom is 0.433 e. The molecule has 11 nitrogen and oxygen atoms in total. The van der Waals surface area contributed by atoms with Gasteiger partial charge in [0.1, 0.15) is 24.7 Å². The van der Waals surface area contributed by atoms with Crippen LogP contribution in [0.15, 0.2) is 33.7 Å². The van der Waals surface area contributed by atoms with E-state index in [2.05, 4.69) is 4.99 Å². The van der Waals surface area contributed by atoms with Gasteiger partial charge in [-0.2, -0.15) is 4.99 Å². The Labute approximate surface area is 165 Å². The zero-order valence-electron chi connectivity index (χ0n) is 14.9. The molecule has 0 unspecified atom stereocenters. The number of hydrogen-bond donors (Lipinski definition) is 0. The fourth-order valence-corrected chi connectivity index (χ4v) is 3.76. The zero-order valence-corrected chi connectivity index (χ0v) is 15.8. The first-order valence-corrected chi connectivity index (χ1v) is 9.11. The van der Waals surface area contributed by atoms with Crippen molar-refractivity contribution >= 4 is 39.3 Å². The van der Waals surface area contributed by atoms with Crippen molar-refractivity contribution in [3.05, 3.63) is 44.9 Å². The number of esters is 1. The fraction of sp³-hybridized carbons (Fsp3) is 0.235. The van der Waals surface area contributed by atoms with Crippen LogP contribution in [0.4, 0.5) is 5.88 Å². The molecule has 0 spiro atoms. The van der Waals surface area contributed by atoms with E-state index in [9.17, 15) is 19.7 Å². The van der Waals surface area contributed by atoms with Gasteiger partial charge >= 0.3 is 17.8 Å². The molecule has 1 amide bonds. The Balaban J connectivity index is 1.83. The number of furan rings is 1. The van der Waals surface area contributed by atoms with Crippen LogP contribution in [0.5, 0.6) is 11.5 Å². The maximum atomic E-state index is 12.4. The molecule has 150 valence electrons. The van der Waals surface area contributed by atoms with Crippen molar-refractivity contribution in [1.82, 2.24) is 4.57 Å². The smallest absolute Gasteiger partial charge is 0.433 e. The van der Waals surface area contributed by atoms with Crippen LogP contribution >= 0.6 is 11.3 Å². The number of fused-ring (bicyclic) bond motifs is 2. The number of ether oxygens (including phenoxy) is 3. The minimum absolute atomic E-state index is 0.191. The van der Waals surface area contributed by atoms with Gasteiger partial charge in [0.15, 0.2) is 16.3 Å². The van der Waals surface area contributed by atoms with E-state index in [-0.39, 0.29) is 17.1 Å². The Morgan fingerprint density at radius 3 is 2.66 bits per heavy atom. The van der Waals surface area contributed by atoms with E-state index in [4.69, 9.17) is 18.6 Å². The number of carbonyl (C=O) groups is 2. The summed E-state index contributed by atoms with van der Waals surface area (Å²) in [7, 11) is 1.25. The average Bonchev–Trinajstić information content (AvgIpc) is 3.32. The summed E-state index contributed by atoms with van der Waals surface area (Å²) in [5.41, 5.74) is 0.599. The highest BCUT2D eigenvalue weighted by Gasteiger charge is 2.20. The van der Waals surface area contributed by atoms with Crippen molar-refractivity contribution in [2.45, 2.75) is 6.54 Å². The number of aromatic nitrogens is 1. The van der Waals surface area contributed by atoms with Crippen LogP contribution < -0.4 is 14.3 Å². The van der Waals surface area contributed by atoms with Gasteiger partial charge in [-0.3, -0.25) is 19.7 Å². The molecule has 0 saturated heterocycles. The lowest BCUT2D eigenvalue weighted by molar-refractivity contribution is -0.402. The minimum Gasteiger partial charge on any atom is -0.486 e. The topological polar surface area (TPSA) is 135 Å². The molecular weight excluding hydrogens is 406 g/mol. The van der Waals surface area contributed by atoms with Crippen molar-refractivity contribution in [3.63, 3.8) is 0 Å². The van der Waals surface area contributed by atoms with Crippen LogP contribution in [0.3, 0.4) is 0 Å². The van der Waals surface area contributed by atoms with Crippen molar-refractivity contribution in [2.24, 2.45) is 4.99 Å². The predicted octanol–water partition coefficient (Wildman–Crippen LogP) is 1.89. The molecule has 0 fully saturated rings. The summed E-state index contributed by atoms with van der Waals surface area (Å²) in [5.74, 6) is -1.15. The molecule has 2 aromatic heterocycles. The highest BCUT2D eigenvalue weighted by molar-refractivity contribution is 7.16. The summed E-state index contributed by atoms with van der Waals surface area (Å²) in [5, 5.41) is 10.7. The highest BCUT2D eigenvalue weighted by Crippen LogP contribution is 2.35. The second kappa shape index (κ2) is 7.39. The first-order chi connectivity index (χ1) is 14.0. The maximum absolute atomic E-state index is 12.4. The molecule has 4 rings (SSSR count). The molecule has 29 heavy (non-hydrogen) atoms. The van der Waals surface area contributed by atoms with Crippen LogP contribution in [0.25, 0.3) is 10.2 Å². The Morgan fingerprint density at radius 2 is 2.00 bits per heavy atom. The number of amides is 1. The van der Waals surface area contributed by atoms with Crippen molar-refractivity contribution in [2.75, 3.05) is 20.3 Å². The molecule has 12 heteroatoms. The van der Waals surface area contributed by atoms with Gasteiger partial charge < -0.3 is 23.2 Å². The molecule has 0 bridgehead atoms. The number of benzene rings is 1. The Bertz CT molecular complexity index is 1210. The summed E-state index contributed by atoms with van der Waals surface area (Å²) in [4.78, 5) is 38.5. The lowest BCUT2D eigenvalue weighted by atomic mass is 10.2. The lowest BCUT2D eigenvalue weighted by Gasteiger charge is -2.18. The molecule has 3 aromatic rings. The van der Waals surface area contributed by atoms with Crippen molar-refractivity contribution < 1.29 is 33.1 Å². The molecular formula is C17H13N3O8S. The zero-order chi connectivity index (χ0) is 20.5. The SMILES string of the molecule is COC(=O)Cn1c(=NC(=O)c2ccc([N+](=O)[O-])o2)sc2cc3c(cc21)OCCO3. The molecule has 0 radical (unpaired) electrons. The van der Waals surface area contributed by atoms with E-state index in [1.165, 1.54) is 17.7 Å². The Kier molecular flexibility index (Phi) is 4.76. The number of nitro groups is 1. The quantitative estimate of drug-likeness (QED) is 0.355. The first-order valence-electron chi connectivity index (χ1n) is 8.29. The van der Waals surface area contributed by atoms with Crippen LogP contribution in [-0.2, 0) is 16.1 Å². The van der Waals surface area contributed by atoms with Gasteiger partial charge in [-0.05, 0) is 6.07 Å². The molecule has 1 aliphatic rings. The third kappa shape index (κ3) is 3.57. The fourth-order valence-electron chi connectivity index (χ4n) is 2.72. The third-order valence-electron chi connectivity index (χ3n) is 4.04. The summed E-state index contributed by atoms with van der Waals surface area (Å²) in [6, 6.07) is 5.68. The van der Waals surface area contributed by atoms with E-state index in [0.717, 1.165) is 17.4 Å². The summed E-state index contributed by atoms with van der Waals surface area (Å²) in [6.45, 7) is 0.617. The van der Waals surface area contributed by atoms with Gasteiger partial charge in [-0.15, -0.1) is 0 Å². The van der Waals surface area contributed by atoms with E-state index >= 15 is 0 Å². The van der Waals surface area contributed by atoms with E-state index in [1.807, 2.05) is 0 Å². The molecule has 0 N–H and O–H groups in total. The summed E-state index contributed by atoms with van der Waals surface area (Å²) < 4.78 is 23.0. The number of hydrogen-bond acceptors (Lipinski definition) is 9. The van der Waals surface area contributed by atoms with Gasteiger partial charge in [0, 0.05) is 12.1 Å². The number of methoxy groups -OCH3 is 1. The van der Waals surface area contributed by atoms with Crippen molar-refractivity contribution in [3.8, 4) is 11.5 Å². The third-order valence-corrected chi connectivity index (χ3v) is 5.08. The Hall–Kier alpha value is -3.67. The number of rotatable bonds is 4. The van der Waals surface area contributed by atoms with E-state index in [1.54, 1.807) is 12.1 Å². The first kappa shape index (κ1) is 18.7. The van der Waals surface area contributed by atoms with Crippen molar-refractivity contribution in [1.29, 1.82) is 0 Å². The molecule has 1 aliphatic heterocycles. The second-order valence-electron chi connectivity index (χ2n) is 5.82. The molecule has 0 saturated carbocycles. The predicted molar refractivity (Wildman–Crippen MR) is 98.1 cm³/mol. The standard InChI is InChI=1S/C17H13N3O8S/c1-25-15(21)8-19-9-6-11-12(27-5-4-26-11)7-13(9)29-17(19)18-16(22)10-2-3-14(28-10)20(23)24/h2-3,6-7H,4-5,8H2,1H3. The molecule has 3 heterocycles. The normalized spacial score (nSPS) is 13.5. The summed E-state index contributed by atoms with van der Waals surface area (Å²) in [6.07, 6.45) is 0. The highest BCUT2D eigenvalue weighted by atomic mass is 32.1. The molecule has 0 atom stereocenters. The van der Waals surface area contributed by atoms with Crippen LogP contribution in [0.1, 0.15) is 10.6 Å². The van der Waals surface area contributed by atoms with Crippen LogP contribution in [0, 0.1) is 10.1 Å². The van der Waals surface area contributed by atoms with Gasteiger partial charge in [0.05, 0.1) is 23.4 Å². The number of thiazole rings is 1. The largest absolute Gasteiger partial charge is 0.486 e. The second-order valence-corrected chi connectivity index (χ2v) is 6.83. The lowest BCUT2D eigenvalue weighted by Crippen LogP contribution is -2.22.